The molecule has 0 amide bonds. The molecule has 0 bridgehead atoms. The SMILES string of the molecule is CN(C)C(C)(C)C(N)Cc1sccc1Br. The smallest absolute Gasteiger partial charge is 0.0314 e. The highest BCUT2D eigenvalue weighted by Gasteiger charge is 2.29. The number of nitrogens with zero attached hydrogens (tertiary/aromatic N) is 1. The van der Waals surface area contributed by atoms with E-state index in [1.54, 1.807) is 11.3 Å². The Bertz CT molecular complexity index is 320. The first-order chi connectivity index (χ1) is 6.85. The molecule has 0 aliphatic heterocycles. The molecule has 0 spiro atoms. The van der Waals surface area contributed by atoms with E-state index in [0.29, 0.717) is 0 Å². The van der Waals surface area contributed by atoms with Crippen LogP contribution in [-0.4, -0.2) is 30.6 Å². The van der Waals surface area contributed by atoms with Crippen molar-refractivity contribution in [1.82, 2.24) is 4.90 Å². The Morgan fingerprint density at radius 2 is 2.13 bits per heavy atom. The van der Waals surface area contributed by atoms with Crippen LogP contribution < -0.4 is 5.73 Å². The van der Waals surface area contributed by atoms with E-state index in [4.69, 9.17) is 5.73 Å². The second-order valence-corrected chi connectivity index (χ2v) is 6.41. The van der Waals surface area contributed by atoms with E-state index in [2.05, 4.69) is 60.2 Å². The first-order valence-electron chi connectivity index (χ1n) is 5.00. The predicted molar refractivity (Wildman–Crippen MR) is 71.5 cm³/mol. The Balaban J connectivity index is 2.71. The van der Waals surface area contributed by atoms with Crippen LogP contribution in [0.25, 0.3) is 0 Å². The molecule has 1 heterocycles. The minimum absolute atomic E-state index is 0.0173. The van der Waals surface area contributed by atoms with Crippen LogP contribution in [-0.2, 0) is 6.42 Å². The van der Waals surface area contributed by atoms with E-state index in [1.807, 2.05) is 0 Å². The van der Waals surface area contributed by atoms with Crippen molar-refractivity contribution in [2.75, 3.05) is 14.1 Å². The van der Waals surface area contributed by atoms with Crippen molar-refractivity contribution >= 4 is 27.3 Å². The molecule has 2 N–H and O–H groups in total. The van der Waals surface area contributed by atoms with Gasteiger partial charge >= 0.3 is 0 Å². The Kier molecular flexibility index (Phi) is 4.35. The standard InChI is InChI=1S/C11H19BrN2S/c1-11(2,14(3)4)10(13)7-9-8(12)5-6-15-9/h5-6,10H,7,13H2,1-4H3. The molecule has 15 heavy (non-hydrogen) atoms. The summed E-state index contributed by atoms with van der Waals surface area (Å²) in [7, 11) is 4.15. The minimum atomic E-state index is 0.0173. The molecule has 1 atom stereocenters. The van der Waals surface area contributed by atoms with Crippen molar-refractivity contribution < 1.29 is 0 Å². The fourth-order valence-corrected chi connectivity index (χ4v) is 2.83. The largest absolute Gasteiger partial charge is 0.326 e. The average Bonchev–Trinajstić information content (AvgIpc) is 2.51. The lowest BCUT2D eigenvalue weighted by atomic mass is 9.91. The highest BCUT2D eigenvalue weighted by atomic mass is 79.9. The van der Waals surface area contributed by atoms with Crippen LogP contribution in [0.4, 0.5) is 0 Å². The van der Waals surface area contributed by atoms with Gasteiger partial charge in [-0.3, -0.25) is 0 Å². The Hall–Kier alpha value is 0.100. The summed E-state index contributed by atoms with van der Waals surface area (Å²) in [5.41, 5.74) is 6.27. The lowest BCUT2D eigenvalue weighted by molar-refractivity contribution is 0.158. The number of halogens is 1. The third kappa shape index (κ3) is 3.03. The van der Waals surface area contributed by atoms with E-state index in [9.17, 15) is 0 Å². The van der Waals surface area contributed by atoms with Crippen LogP contribution in [0.1, 0.15) is 18.7 Å². The van der Waals surface area contributed by atoms with Crippen LogP contribution in [0, 0.1) is 0 Å². The molecule has 1 unspecified atom stereocenters. The molecule has 2 nitrogen and oxygen atoms in total. The summed E-state index contributed by atoms with van der Waals surface area (Å²) >= 11 is 5.30. The molecule has 1 rings (SSSR count). The maximum Gasteiger partial charge on any atom is 0.0314 e. The molecule has 0 saturated heterocycles. The van der Waals surface area contributed by atoms with Gasteiger partial charge < -0.3 is 10.6 Å². The number of nitrogens with two attached hydrogens (primary N) is 1. The summed E-state index contributed by atoms with van der Waals surface area (Å²) in [6.45, 7) is 4.36. The van der Waals surface area contributed by atoms with E-state index < -0.39 is 0 Å². The summed E-state index contributed by atoms with van der Waals surface area (Å²) in [5.74, 6) is 0. The molecule has 1 aromatic rings. The molecule has 0 aliphatic rings. The third-order valence-corrected chi connectivity index (χ3v) is 5.11. The van der Waals surface area contributed by atoms with Crippen LogP contribution in [0.3, 0.4) is 0 Å². The summed E-state index contributed by atoms with van der Waals surface area (Å²) in [6.07, 6.45) is 0.920. The van der Waals surface area contributed by atoms with Crippen molar-refractivity contribution in [2.24, 2.45) is 5.73 Å². The number of hydrogen-bond acceptors (Lipinski definition) is 3. The van der Waals surface area contributed by atoms with Gasteiger partial charge in [0.2, 0.25) is 0 Å². The lowest BCUT2D eigenvalue weighted by Gasteiger charge is -2.38. The highest BCUT2D eigenvalue weighted by molar-refractivity contribution is 9.10. The van der Waals surface area contributed by atoms with Crippen molar-refractivity contribution in [1.29, 1.82) is 0 Å². The van der Waals surface area contributed by atoms with E-state index >= 15 is 0 Å². The summed E-state index contributed by atoms with van der Waals surface area (Å²) < 4.78 is 1.18. The van der Waals surface area contributed by atoms with E-state index in [1.165, 1.54) is 9.35 Å². The number of rotatable bonds is 4. The van der Waals surface area contributed by atoms with Gasteiger partial charge in [0, 0.05) is 20.9 Å². The van der Waals surface area contributed by atoms with Crippen LogP contribution in [0.5, 0.6) is 0 Å². The molecule has 0 fully saturated rings. The Labute approximate surface area is 105 Å². The van der Waals surface area contributed by atoms with Gasteiger partial charge in [0.05, 0.1) is 0 Å². The van der Waals surface area contributed by atoms with Gasteiger partial charge in [0.25, 0.3) is 0 Å². The zero-order valence-electron chi connectivity index (χ0n) is 9.75. The second kappa shape index (κ2) is 4.95. The maximum atomic E-state index is 6.26. The Morgan fingerprint density at radius 1 is 1.53 bits per heavy atom. The Morgan fingerprint density at radius 3 is 2.53 bits per heavy atom. The predicted octanol–water partition coefficient (Wildman–Crippen LogP) is 2.72. The first-order valence-corrected chi connectivity index (χ1v) is 6.68. The van der Waals surface area contributed by atoms with Gasteiger partial charge in [0.15, 0.2) is 0 Å². The van der Waals surface area contributed by atoms with Crippen molar-refractivity contribution in [2.45, 2.75) is 31.8 Å². The second-order valence-electron chi connectivity index (χ2n) is 4.55. The molecule has 0 radical (unpaired) electrons. The van der Waals surface area contributed by atoms with Gasteiger partial charge in [-0.15, -0.1) is 11.3 Å². The summed E-state index contributed by atoms with van der Waals surface area (Å²) in [6, 6.07) is 2.22. The van der Waals surface area contributed by atoms with E-state index in [0.717, 1.165) is 6.42 Å². The van der Waals surface area contributed by atoms with Crippen molar-refractivity contribution in [3.63, 3.8) is 0 Å². The first kappa shape index (κ1) is 13.2. The molecule has 1 aromatic heterocycles. The van der Waals surface area contributed by atoms with Crippen LogP contribution in [0.2, 0.25) is 0 Å². The summed E-state index contributed by atoms with van der Waals surface area (Å²) in [4.78, 5) is 3.51. The molecule has 0 aromatic carbocycles. The monoisotopic (exact) mass is 290 g/mol. The van der Waals surface area contributed by atoms with Crippen LogP contribution in [0.15, 0.2) is 15.9 Å². The molecular formula is C11H19BrN2S. The van der Waals surface area contributed by atoms with Gasteiger partial charge in [-0.2, -0.15) is 0 Å². The molecule has 86 valence electrons. The lowest BCUT2D eigenvalue weighted by Crippen LogP contribution is -2.53. The van der Waals surface area contributed by atoms with Gasteiger partial charge in [-0.25, -0.2) is 0 Å². The van der Waals surface area contributed by atoms with Crippen molar-refractivity contribution in [3.05, 3.63) is 20.8 Å². The molecular weight excluding hydrogens is 272 g/mol. The maximum absolute atomic E-state index is 6.26. The van der Waals surface area contributed by atoms with Gasteiger partial charge in [-0.05, 0) is 61.7 Å². The van der Waals surface area contributed by atoms with E-state index in [-0.39, 0.29) is 11.6 Å². The molecule has 0 saturated carbocycles. The van der Waals surface area contributed by atoms with Crippen molar-refractivity contribution in [3.8, 4) is 0 Å². The summed E-state index contributed by atoms with van der Waals surface area (Å²) in [5, 5.41) is 2.09. The normalized spacial score (nSPS) is 14.6. The molecule has 0 aliphatic carbocycles. The highest BCUT2D eigenvalue weighted by Crippen LogP contribution is 2.26. The fraction of sp³-hybridized carbons (Fsp3) is 0.636. The van der Waals surface area contributed by atoms with Gasteiger partial charge in [0.1, 0.15) is 0 Å². The third-order valence-electron chi connectivity index (χ3n) is 3.16. The zero-order valence-corrected chi connectivity index (χ0v) is 12.2. The zero-order chi connectivity index (χ0) is 11.6. The van der Waals surface area contributed by atoms with Crippen LogP contribution >= 0.6 is 27.3 Å². The average molecular weight is 291 g/mol. The minimum Gasteiger partial charge on any atom is -0.326 e. The fourth-order valence-electron chi connectivity index (χ4n) is 1.25. The quantitative estimate of drug-likeness (QED) is 0.924. The number of hydrogen-bond donors (Lipinski definition) is 1. The number of thiophene rings is 1. The number of likely N-dealkylation sites (N-methyl/N-ethyl adjacent to an activating group) is 1. The van der Waals surface area contributed by atoms with Gasteiger partial charge in [-0.1, -0.05) is 0 Å². The molecule has 4 heteroatoms. The topological polar surface area (TPSA) is 29.3 Å².